The van der Waals surface area contributed by atoms with E-state index < -0.39 is 26.7 Å². The van der Waals surface area contributed by atoms with E-state index in [-0.39, 0.29) is 29.2 Å². The average Bonchev–Trinajstić information content (AvgIpc) is 2.78. The Morgan fingerprint density at radius 2 is 1.76 bits per heavy atom. The fourth-order valence-electron chi connectivity index (χ4n) is 3.42. The summed E-state index contributed by atoms with van der Waals surface area (Å²) < 4.78 is 61.6. The van der Waals surface area contributed by atoms with Gasteiger partial charge in [0.2, 0.25) is 0 Å². The second kappa shape index (κ2) is 10.8. The second-order valence-electron chi connectivity index (χ2n) is 7.59. The molecular formula is C24H26F2N2O4S. The lowest BCUT2D eigenvalue weighted by Gasteiger charge is -2.22. The Hall–Kier alpha value is -2.88. The number of pyridine rings is 1. The van der Waals surface area contributed by atoms with E-state index in [0.29, 0.717) is 24.5 Å². The molecule has 3 aromatic rings. The Morgan fingerprint density at radius 3 is 2.45 bits per heavy atom. The third-order valence-electron chi connectivity index (χ3n) is 5.12. The molecule has 0 bridgehead atoms. The fourth-order valence-corrected chi connectivity index (χ4v) is 5.31. The van der Waals surface area contributed by atoms with Crippen LogP contribution in [0.3, 0.4) is 0 Å². The van der Waals surface area contributed by atoms with Crippen molar-refractivity contribution in [1.29, 1.82) is 0 Å². The summed E-state index contributed by atoms with van der Waals surface area (Å²) in [7, 11) is -4.15. The van der Waals surface area contributed by atoms with Crippen molar-refractivity contribution in [1.82, 2.24) is 4.98 Å². The van der Waals surface area contributed by atoms with Crippen LogP contribution in [0.5, 0.6) is 0 Å². The van der Waals surface area contributed by atoms with Gasteiger partial charge in [0.15, 0.2) is 9.84 Å². The Labute approximate surface area is 192 Å². The van der Waals surface area contributed by atoms with Crippen molar-refractivity contribution in [2.75, 3.05) is 31.7 Å². The van der Waals surface area contributed by atoms with Gasteiger partial charge in [-0.25, -0.2) is 22.2 Å². The fraction of sp³-hybridized carbons (Fsp3) is 0.292. The maximum Gasteiger partial charge on any atom is 0.189 e. The molecule has 0 amide bonds. The van der Waals surface area contributed by atoms with Crippen LogP contribution in [0, 0.1) is 25.5 Å². The first-order chi connectivity index (χ1) is 15.7. The summed E-state index contributed by atoms with van der Waals surface area (Å²) in [5.74, 6) is -1.19. The SMILES string of the molecule is Cc1ccc(S(=O)(=O)C(c2cc(NCCOCCO)ncc2C)c2cc(F)ccc2F)cc1. The van der Waals surface area contributed by atoms with Gasteiger partial charge in [-0.1, -0.05) is 17.7 Å². The van der Waals surface area contributed by atoms with Gasteiger partial charge in [-0.3, -0.25) is 0 Å². The van der Waals surface area contributed by atoms with E-state index in [2.05, 4.69) is 10.3 Å². The number of aliphatic hydroxyl groups is 1. The number of aryl methyl sites for hydroxylation is 2. The highest BCUT2D eigenvalue weighted by Gasteiger charge is 2.34. The van der Waals surface area contributed by atoms with Gasteiger partial charge in [-0.05, 0) is 61.4 Å². The largest absolute Gasteiger partial charge is 0.394 e. The molecule has 0 aliphatic heterocycles. The van der Waals surface area contributed by atoms with Gasteiger partial charge in [-0.15, -0.1) is 0 Å². The Bertz CT molecular complexity index is 1200. The number of ether oxygens (including phenoxy) is 1. The number of anilines is 1. The predicted molar refractivity (Wildman–Crippen MR) is 122 cm³/mol. The van der Waals surface area contributed by atoms with Crippen LogP contribution in [-0.4, -0.2) is 44.9 Å². The third kappa shape index (κ3) is 5.93. The topological polar surface area (TPSA) is 88.5 Å². The van der Waals surface area contributed by atoms with Crippen LogP contribution in [0.15, 0.2) is 59.6 Å². The molecule has 1 atom stereocenters. The molecule has 0 aliphatic rings. The first-order valence-corrected chi connectivity index (χ1v) is 11.9. The average molecular weight is 477 g/mol. The number of nitrogens with zero attached hydrogens (tertiary/aromatic N) is 1. The number of aliphatic hydroxyl groups excluding tert-OH is 1. The van der Waals surface area contributed by atoms with E-state index in [1.165, 1.54) is 24.4 Å². The summed E-state index contributed by atoms with van der Waals surface area (Å²) in [6, 6.07) is 10.6. The molecule has 0 spiro atoms. The monoisotopic (exact) mass is 476 g/mol. The summed E-state index contributed by atoms with van der Waals surface area (Å²) in [6.45, 7) is 4.27. The van der Waals surface area contributed by atoms with Crippen molar-refractivity contribution in [2.24, 2.45) is 0 Å². The molecule has 9 heteroatoms. The van der Waals surface area contributed by atoms with E-state index in [1.807, 2.05) is 6.92 Å². The smallest absolute Gasteiger partial charge is 0.189 e. The molecule has 1 aromatic heterocycles. The van der Waals surface area contributed by atoms with E-state index in [0.717, 1.165) is 23.8 Å². The van der Waals surface area contributed by atoms with Gasteiger partial charge in [-0.2, -0.15) is 0 Å². The zero-order chi connectivity index (χ0) is 24.0. The van der Waals surface area contributed by atoms with Crippen LogP contribution in [0.4, 0.5) is 14.6 Å². The van der Waals surface area contributed by atoms with Crippen LogP contribution in [0.25, 0.3) is 0 Å². The van der Waals surface area contributed by atoms with Crippen LogP contribution < -0.4 is 5.32 Å². The molecule has 33 heavy (non-hydrogen) atoms. The molecule has 176 valence electrons. The molecule has 0 saturated carbocycles. The molecule has 3 rings (SSSR count). The number of nitrogens with one attached hydrogen (secondary N) is 1. The zero-order valence-corrected chi connectivity index (χ0v) is 19.2. The highest BCUT2D eigenvalue weighted by atomic mass is 32.2. The van der Waals surface area contributed by atoms with Crippen molar-refractivity contribution < 1.29 is 27.0 Å². The molecule has 2 N–H and O–H groups in total. The minimum Gasteiger partial charge on any atom is -0.394 e. The highest BCUT2D eigenvalue weighted by molar-refractivity contribution is 7.92. The normalized spacial score (nSPS) is 12.5. The van der Waals surface area contributed by atoms with Crippen LogP contribution in [-0.2, 0) is 14.6 Å². The molecule has 0 aliphatic carbocycles. The first kappa shape index (κ1) is 24.8. The molecule has 1 unspecified atom stereocenters. The van der Waals surface area contributed by atoms with E-state index >= 15 is 0 Å². The lowest BCUT2D eigenvalue weighted by Crippen LogP contribution is -2.19. The molecule has 0 saturated heterocycles. The summed E-state index contributed by atoms with van der Waals surface area (Å²) in [4.78, 5) is 4.27. The van der Waals surface area contributed by atoms with Gasteiger partial charge in [0.25, 0.3) is 0 Å². The third-order valence-corrected chi connectivity index (χ3v) is 7.17. The molecule has 0 fully saturated rings. The van der Waals surface area contributed by atoms with Crippen LogP contribution in [0.2, 0.25) is 0 Å². The number of hydrogen-bond donors (Lipinski definition) is 2. The summed E-state index contributed by atoms with van der Waals surface area (Å²) >= 11 is 0. The molecule has 0 radical (unpaired) electrons. The Balaban J connectivity index is 2.09. The van der Waals surface area contributed by atoms with Gasteiger partial charge in [0.05, 0.1) is 24.7 Å². The summed E-state index contributed by atoms with van der Waals surface area (Å²) in [6.07, 6.45) is 1.49. The van der Waals surface area contributed by atoms with Crippen molar-refractivity contribution in [3.8, 4) is 0 Å². The Morgan fingerprint density at radius 1 is 1.03 bits per heavy atom. The van der Waals surface area contributed by atoms with Crippen molar-refractivity contribution in [3.05, 3.63) is 88.6 Å². The maximum absolute atomic E-state index is 14.9. The number of rotatable bonds is 10. The summed E-state index contributed by atoms with van der Waals surface area (Å²) in [5, 5.41) is 10.3. The number of sulfone groups is 1. The van der Waals surface area contributed by atoms with Gasteiger partial charge in [0.1, 0.15) is 22.7 Å². The quantitative estimate of drug-likeness (QED) is 0.431. The van der Waals surface area contributed by atoms with Crippen LogP contribution >= 0.6 is 0 Å². The summed E-state index contributed by atoms with van der Waals surface area (Å²) in [5.41, 5.74) is 1.40. The maximum atomic E-state index is 14.9. The van der Waals surface area contributed by atoms with E-state index in [9.17, 15) is 17.2 Å². The number of benzene rings is 2. The number of aromatic nitrogens is 1. The molecule has 2 aromatic carbocycles. The predicted octanol–water partition coefficient (Wildman–Crippen LogP) is 3.96. The Kier molecular flexibility index (Phi) is 8.12. The number of halogens is 2. The van der Waals surface area contributed by atoms with E-state index in [4.69, 9.17) is 9.84 Å². The van der Waals surface area contributed by atoms with Crippen molar-refractivity contribution in [2.45, 2.75) is 24.0 Å². The van der Waals surface area contributed by atoms with Gasteiger partial charge < -0.3 is 15.2 Å². The minimum atomic E-state index is -4.15. The molecule has 1 heterocycles. The molecule has 6 nitrogen and oxygen atoms in total. The second-order valence-corrected chi connectivity index (χ2v) is 9.63. The van der Waals surface area contributed by atoms with Crippen molar-refractivity contribution >= 4 is 15.7 Å². The lowest BCUT2D eigenvalue weighted by atomic mass is 10.0. The highest BCUT2D eigenvalue weighted by Crippen LogP contribution is 2.38. The van der Waals surface area contributed by atoms with Gasteiger partial charge in [0, 0.05) is 18.3 Å². The van der Waals surface area contributed by atoms with E-state index in [1.54, 1.807) is 19.1 Å². The first-order valence-electron chi connectivity index (χ1n) is 10.4. The minimum absolute atomic E-state index is 0.00452. The standard InChI is InChI=1S/C24H26F2N2O4S/c1-16-3-6-19(7-4-16)33(30,31)24(21-13-18(25)5-8-22(21)26)20-14-23(28-15-17(20)2)27-9-11-32-12-10-29/h3-8,13-15,24,29H,9-12H2,1-2H3,(H,27,28). The van der Waals surface area contributed by atoms with Crippen molar-refractivity contribution in [3.63, 3.8) is 0 Å². The molecular weight excluding hydrogens is 450 g/mol. The lowest BCUT2D eigenvalue weighted by molar-refractivity contribution is 0.0992. The van der Waals surface area contributed by atoms with Gasteiger partial charge >= 0.3 is 0 Å². The number of hydrogen-bond acceptors (Lipinski definition) is 6. The van der Waals surface area contributed by atoms with Crippen LogP contribution in [0.1, 0.15) is 27.5 Å². The zero-order valence-electron chi connectivity index (χ0n) is 18.4.